The lowest BCUT2D eigenvalue weighted by atomic mass is 10.1. The summed E-state index contributed by atoms with van der Waals surface area (Å²) in [6.07, 6.45) is 74.0. The molecule has 0 aliphatic heterocycles. The van der Waals surface area contributed by atoms with Crippen LogP contribution in [-0.4, -0.2) is 73.4 Å². The summed E-state index contributed by atoms with van der Waals surface area (Å²) in [5.74, 6) is -0.210. The van der Waals surface area contributed by atoms with Gasteiger partial charge in [0, 0.05) is 6.42 Å². The van der Waals surface area contributed by atoms with E-state index in [1.807, 2.05) is 27.2 Å². The quantitative estimate of drug-likeness (QED) is 0.0243. The number of rotatable bonds is 46. The van der Waals surface area contributed by atoms with E-state index in [0.29, 0.717) is 17.4 Å². The van der Waals surface area contributed by atoms with Gasteiger partial charge in [-0.1, -0.05) is 212 Å². The van der Waals surface area contributed by atoms with Gasteiger partial charge in [-0.3, -0.25) is 13.8 Å². The zero-order valence-corrected chi connectivity index (χ0v) is 44.7. The standard InChI is InChI=1S/C59H99N2O6P/c1-6-8-10-12-14-16-18-19-20-21-22-23-24-25-26-27-28-29-30-31-32-33-34-35-36-37-38-39-40-41-43-45-47-49-51-53-59(63)60-57(56-67-68(64,65)66-55-54-61(3,4)5)58(62)52-50-48-46-44-42-17-15-13-11-9-7-2/h8,10,14,16,19-20,22-23,25-26,28-29,31-32,34-35,37-38,40-41,50,52,57-58,62H,6-7,9,11-13,15,17-18,21,24,27,30,33,36,39,42-49,51,53-56H2,1-5H3,(H-,60,63,64,65)/p+1/b10-8-,16-14-,20-19-,23-22-,26-25-,29-28-,32-31-,35-34-,38-37-,41-40-,52-50+. The fourth-order valence-corrected chi connectivity index (χ4v) is 7.45. The Balaban J connectivity index is 4.24. The fourth-order valence-electron chi connectivity index (χ4n) is 6.71. The minimum absolute atomic E-state index is 0.0486. The maximum atomic E-state index is 12.9. The lowest BCUT2D eigenvalue weighted by molar-refractivity contribution is -0.870. The molecule has 9 heteroatoms. The number of hydrogen-bond acceptors (Lipinski definition) is 5. The molecule has 0 bridgehead atoms. The molecular formula is C59H100N2O6P+. The van der Waals surface area contributed by atoms with Gasteiger partial charge in [-0.05, 0) is 96.3 Å². The van der Waals surface area contributed by atoms with Gasteiger partial charge < -0.3 is 19.8 Å². The third-order valence-electron chi connectivity index (χ3n) is 10.9. The van der Waals surface area contributed by atoms with E-state index >= 15 is 0 Å². The van der Waals surface area contributed by atoms with Gasteiger partial charge in [0.05, 0.1) is 39.9 Å². The molecular weight excluding hydrogens is 864 g/mol. The molecule has 0 saturated heterocycles. The molecule has 0 spiro atoms. The molecule has 0 saturated carbocycles. The van der Waals surface area contributed by atoms with Gasteiger partial charge in [-0.2, -0.15) is 0 Å². The SMILES string of the molecule is CC/C=C\C/C=C\C/C=C\C/C=C\C/C=C\C/C=C\C/C=C\C/C=C\C/C=C\C/C=C\CCCCCCC(=O)NC(COP(=O)(O)OCC[N+](C)(C)C)C(O)/C=C/CCCCCCCCCCC. The molecule has 3 N–H and O–H groups in total. The highest BCUT2D eigenvalue weighted by Gasteiger charge is 2.27. The number of phosphoric acid groups is 1. The summed E-state index contributed by atoms with van der Waals surface area (Å²) >= 11 is 0. The Bertz CT molecular complexity index is 1560. The Hall–Kier alpha value is -3.36. The molecule has 0 radical (unpaired) electrons. The Kier molecular flexibility index (Phi) is 46.3. The van der Waals surface area contributed by atoms with Crippen LogP contribution in [0.1, 0.15) is 181 Å². The summed E-state index contributed by atoms with van der Waals surface area (Å²) in [5.41, 5.74) is 0. The first-order valence-electron chi connectivity index (χ1n) is 26.6. The van der Waals surface area contributed by atoms with Crippen molar-refractivity contribution in [2.75, 3.05) is 40.9 Å². The highest BCUT2D eigenvalue weighted by atomic mass is 31.2. The monoisotopic (exact) mass is 964 g/mol. The molecule has 0 aromatic rings. The normalized spacial score (nSPS) is 15.1. The van der Waals surface area contributed by atoms with Crippen LogP contribution in [0.4, 0.5) is 0 Å². The van der Waals surface area contributed by atoms with E-state index in [1.54, 1.807) is 6.08 Å². The molecule has 0 aliphatic rings. The van der Waals surface area contributed by atoms with Crippen molar-refractivity contribution in [3.63, 3.8) is 0 Å². The Morgan fingerprint density at radius 3 is 1.29 bits per heavy atom. The minimum atomic E-state index is -4.36. The van der Waals surface area contributed by atoms with Crippen molar-refractivity contribution in [1.29, 1.82) is 0 Å². The average molecular weight is 964 g/mol. The van der Waals surface area contributed by atoms with E-state index in [9.17, 15) is 19.4 Å². The van der Waals surface area contributed by atoms with E-state index in [4.69, 9.17) is 9.05 Å². The van der Waals surface area contributed by atoms with Gasteiger partial charge in [0.1, 0.15) is 13.2 Å². The van der Waals surface area contributed by atoms with Crippen molar-refractivity contribution in [1.82, 2.24) is 5.32 Å². The lowest BCUT2D eigenvalue weighted by Crippen LogP contribution is -2.45. The molecule has 0 rings (SSSR count). The largest absolute Gasteiger partial charge is 0.472 e. The second-order valence-corrected chi connectivity index (χ2v) is 20.0. The molecule has 3 atom stereocenters. The van der Waals surface area contributed by atoms with Crippen LogP contribution in [0.3, 0.4) is 0 Å². The zero-order valence-electron chi connectivity index (χ0n) is 43.8. The Labute approximate surface area is 417 Å². The van der Waals surface area contributed by atoms with Crippen LogP contribution in [0.2, 0.25) is 0 Å². The first-order chi connectivity index (χ1) is 33.0. The Morgan fingerprint density at radius 1 is 0.515 bits per heavy atom. The number of nitrogens with zero attached hydrogens (tertiary/aromatic N) is 1. The van der Waals surface area contributed by atoms with E-state index < -0.39 is 20.0 Å². The maximum absolute atomic E-state index is 12.9. The van der Waals surface area contributed by atoms with Crippen molar-refractivity contribution in [2.24, 2.45) is 0 Å². The number of unbranched alkanes of at least 4 members (excludes halogenated alkanes) is 13. The highest BCUT2D eigenvalue weighted by Crippen LogP contribution is 2.43. The predicted molar refractivity (Wildman–Crippen MR) is 294 cm³/mol. The van der Waals surface area contributed by atoms with Crippen LogP contribution < -0.4 is 5.32 Å². The van der Waals surface area contributed by atoms with Gasteiger partial charge in [0.15, 0.2) is 0 Å². The van der Waals surface area contributed by atoms with Crippen molar-refractivity contribution >= 4 is 13.7 Å². The second kappa shape index (κ2) is 48.7. The second-order valence-electron chi connectivity index (χ2n) is 18.5. The first-order valence-corrected chi connectivity index (χ1v) is 28.1. The average Bonchev–Trinajstić information content (AvgIpc) is 3.30. The van der Waals surface area contributed by atoms with E-state index in [1.165, 1.54) is 44.9 Å². The molecule has 68 heavy (non-hydrogen) atoms. The molecule has 8 nitrogen and oxygen atoms in total. The summed E-state index contributed by atoms with van der Waals surface area (Å²) in [6.45, 7) is 4.63. The predicted octanol–water partition coefficient (Wildman–Crippen LogP) is 16.0. The molecule has 386 valence electrons. The van der Waals surface area contributed by atoms with Gasteiger partial charge in [0.25, 0.3) is 0 Å². The van der Waals surface area contributed by atoms with Crippen LogP contribution >= 0.6 is 7.82 Å². The van der Waals surface area contributed by atoms with E-state index in [2.05, 4.69) is 141 Å². The van der Waals surface area contributed by atoms with Gasteiger partial charge >= 0.3 is 7.82 Å². The van der Waals surface area contributed by atoms with Gasteiger partial charge in [0.2, 0.25) is 5.91 Å². The molecule has 0 aliphatic carbocycles. The molecule has 1 amide bonds. The number of aliphatic hydroxyl groups is 1. The van der Waals surface area contributed by atoms with Crippen LogP contribution in [0, 0.1) is 0 Å². The molecule has 0 heterocycles. The van der Waals surface area contributed by atoms with Crippen molar-refractivity contribution in [3.05, 3.63) is 134 Å². The number of aliphatic hydroxyl groups excluding tert-OH is 1. The number of likely N-dealkylation sites (N-methyl/N-ethyl adjacent to an activating group) is 1. The van der Waals surface area contributed by atoms with E-state index in [0.717, 1.165) is 116 Å². The summed E-state index contributed by atoms with van der Waals surface area (Å²) in [4.78, 5) is 23.2. The van der Waals surface area contributed by atoms with Crippen molar-refractivity contribution < 1.29 is 32.9 Å². The number of nitrogens with one attached hydrogen (secondary N) is 1. The fraction of sp³-hybridized carbons (Fsp3) is 0.610. The van der Waals surface area contributed by atoms with Crippen molar-refractivity contribution in [3.8, 4) is 0 Å². The molecule has 0 aromatic heterocycles. The summed E-state index contributed by atoms with van der Waals surface area (Å²) in [6, 6.07) is -0.869. The van der Waals surface area contributed by atoms with Crippen LogP contribution in [0.25, 0.3) is 0 Å². The molecule has 0 fully saturated rings. The maximum Gasteiger partial charge on any atom is 0.472 e. The van der Waals surface area contributed by atoms with Gasteiger partial charge in [-0.25, -0.2) is 4.57 Å². The Morgan fingerprint density at radius 2 is 0.882 bits per heavy atom. The zero-order chi connectivity index (χ0) is 49.9. The minimum Gasteiger partial charge on any atom is -0.387 e. The third-order valence-corrected chi connectivity index (χ3v) is 11.9. The van der Waals surface area contributed by atoms with Gasteiger partial charge in [-0.15, -0.1) is 0 Å². The molecule has 3 unspecified atom stereocenters. The summed E-state index contributed by atoms with van der Waals surface area (Å²) in [7, 11) is 1.53. The number of quaternary nitrogens is 1. The van der Waals surface area contributed by atoms with Crippen LogP contribution in [0.15, 0.2) is 134 Å². The lowest BCUT2D eigenvalue weighted by Gasteiger charge is -2.25. The van der Waals surface area contributed by atoms with E-state index in [-0.39, 0.29) is 19.1 Å². The smallest absolute Gasteiger partial charge is 0.387 e. The topological polar surface area (TPSA) is 105 Å². The number of amides is 1. The summed E-state index contributed by atoms with van der Waals surface area (Å²) < 4.78 is 23.6. The molecule has 0 aromatic carbocycles. The van der Waals surface area contributed by atoms with Crippen LogP contribution in [0.5, 0.6) is 0 Å². The number of hydrogen-bond donors (Lipinski definition) is 3. The number of carbonyl (C=O) groups excluding carboxylic acids is 1. The number of allylic oxidation sites excluding steroid dienone is 21. The first kappa shape index (κ1) is 64.6. The number of carbonyl (C=O) groups is 1. The third kappa shape index (κ3) is 50.5. The highest BCUT2D eigenvalue weighted by molar-refractivity contribution is 7.47. The summed E-state index contributed by atoms with van der Waals surface area (Å²) in [5, 5.41) is 13.8. The number of phosphoric ester groups is 1. The van der Waals surface area contributed by atoms with Crippen LogP contribution in [-0.2, 0) is 18.4 Å². The van der Waals surface area contributed by atoms with Crippen molar-refractivity contribution in [2.45, 2.75) is 193 Å².